The average Bonchev–Trinajstić information content (AvgIpc) is 3.70. The number of nitrogens with one attached hydrogen (secondary N) is 2. The van der Waals surface area contributed by atoms with Crippen molar-refractivity contribution < 1.29 is 27.6 Å². The van der Waals surface area contributed by atoms with E-state index in [0.29, 0.717) is 28.8 Å². The van der Waals surface area contributed by atoms with E-state index in [0.717, 1.165) is 36.8 Å². The predicted octanol–water partition coefficient (Wildman–Crippen LogP) is 5.27. The van der Waals surface area contributed by atoms with Crippen molar-refractivity contribution in [1.82, 2.24) is 10.6 Å². The summed E-state index contributed by atoms with van der Waals surface area (Å²) in [4.78, 5) is 36.1. The molecule has 0 bridgehead atoms. The molecule has 36 heavy (non-hydrogen) atoms. The van der Waals surface area contributed by atoms with Gasteiger partial charge in [-0.3, -0.25) is 14.4 Å². The molecule has 2 N–H and O–H groups in total. The van der Waals surface area contributed by atoms with Crippen LogP contribution in [-0.4, -0.2) is 24.1 Å². The van der Waals surface area contributed by atoms with Crippen LogP contribution in [0.25, 0.3) is 11.6 Å². The lowest BCUT2D eigenvalue weighted by molar-refractivity contribution is -0.137. The van der Waals surface area contributed by atoms with Crippen LogP contribution >= 0.6 is 0 Å². The van der Waals surface area contributed by atoms with E-state index in [4.69, 9.17) is 0 Å². The third-order valence-electron chi connectivity index (χ3n) is 5.73. The van der Waals surface area contributed by atoms with Crippen LogP contribution in [-0.2, 0) is 17.5 Å². The highest BCUT2D eigenvalue weighted by atomic mass is 19.4. The fourth-order valence-electron chi connectivity index (χ4n) is 3.51. The Morgan fingerprint density at radius 1 is 0.833 bits per heavy atom. The lowest BCUT2D eigenvalue weighted by Gasteiger charge is -2.11. The van der Waals surface area contributed by atoms with Crippen molar-refractivity contribution in [1.29, 1.82) is 0 Å². The van der Waals surface area contributed by atoms with Crippen LogP contribution < -0.4 is 10.6 Å². The number of carbonyl (C=O) groups excluding carboxylic acids is 3. The van der Waals surface area contributed by atoms with E-state index < -0.39 is 11.7 Å². The molecule has 0 aliphatic heterocycles. The van der Waals surface area contributed by atoms with Crippen LogP contribution in [0.1, 0.15) is 55.8 Å². The van der Waals surface area contributed by atoms with Crippen molar-refractivity contribution in [2.24, 2.45) is 0 Å². The third-order valence-corrected chi connectivity index (χ3v) is 5.73. The normalized spacial score (nSPS) is 13.7. The first kappa shape index (κ1) is 24.9. The first-order chi connectivity index (χ1) is 17.2. The molecule has 5 nitrogen and oxygen atoms in total. The number of amides is 2. The Hall–Kier alpha value is -4.20. The van der Waals surface area contributed by atoms with Crippen LogP contribution in [0.3, 0.4) is 0 Å². The standard InChI is InChI=1S/C28H23F3N2O3/c29-28(30,31)23-11-9-21(10-12-23)25(27(36)33-24-13-14-24)15-18-5-7-22(8-6-18)26(35)32-16-19-1-3-20(17-34)4-2-19/h1-12,15,17,24H,13-14,16H2,(H,32,35)(H,33,36). The van der Waals surface area contributed by atoms with Gasteiger partial charge in [-0.25, -0.2) is 0 Å². The molecule has 8 heteroatoms. The van der Waals surface area contributed by atoms with E-state index >= 15 is 0 Å². The first-order valence-electron chi connectivity index (χ1n) is 11.4. The number of aldehydes is 1. The number of hydrogen-bond acceptors (Lipinski definition) is 3. The molecule has 0 aromatic heterocycles. The van der Waals surface area contributed by atoms with Crippen molar-refractivity contribution in [3.8, 4) is 0 Å². The van der Waals surface area contributed by atoms with Gasteiger partial charge in [-0.05, 0) is 59.9 Å². The Labute approximate surface area is 206 Å². The largest absolute Gasteiger partial charge is 0.416 e. The van der Waals surface area contributed by atoms with Gasteiger partial charge in [0.15, 0.2) is 0 Å². The highest BCUT2D eigenvalue weighted by Crippen LogP contribution is 2.31. The Bertz CT molecular complexity index is 1280. The van der Waals surface area contributed by atoms with Gasteiger partial charge in [0.1, 0.15) is 6.29 Å². The molecule has 0 spiro atoms. The van der Waals surface area contributed by atoms with Gasteiger partial charge in [0, 0.05) is 29.3 Å². The molecule has 3 aromatic carbocycles. The van der Waals surface area contributed by atoms with Crippen LogP contribution in [0.2, 0.25) is 0 Å². The van der Waals surface area contributed by atoms with Gasteiger partial charge < -0.3 is 10.6 Å². The van der Waals surface area contributed by atoms with Crippen LogP contribution in [0.4, 0.5) is 13.2 Å². The maximum absolute atomic E-state index is 13.0. The molecule has 1 saturated carbocycles. The molecule has 0 atom stereocenters. The molecule has 0 radical (unpaired) electrons. The molecule has 1 aliphatic rings. The maximum Gasteiger partial charge on any atom is 0.416 e. The molecule has 0 saturated heterocycles. The summed E-state index contributed by atoms with van der Waals surface area (Å²) in [5.41, 5.74) is 2.25. The molecule has 2 amide bonds. The number of carbonyl (C=O) groups is 3. The van der Waals surface area contributed by atoms with Crippen molar-refractivity contribution in [2.45, 2.75) is 31.6 Å². The van der Waals surface area contributed by atoms with Crippen molar-refractivity contribution in [2.75, 3.05) is 0 Å². The quantitative estimate of drug-likeness (QED) is 0.256. The topological polar surface area (TPSA) is 75.3 Å². The Kier molecular flexibility index (Phi) is 7.33. The fourth-order valence-corrected chi connectivity index (χ4v) is 3.51. The highest BCUT2D eigenvalue weighted by molar-refractivity contribution is 6.24. The minimum Gasteiger partial charge on any atom is -0.349 e. The van der Waals surface area contributed by atoms with E-state index in [1.807, 2.05) is 0 Å². The molecule has 0 heterocycles. The summed E-state index contributed by atoms with van der Waals surface area (Å²) >= 11 is 0. The van der Waals surface area contributed by atoms with E-state index in [-0.39, 0.29) is 23.4 Å². The summed E-state index contributed by atoms with van der Waals surface area (Å²) < 4.78 is 38.9. The van der Waals surface area contributed by atoms with E-state index in [2.05, 4.69) is 10.6 Å². The number of hydrogen-bond donors (Lipinski definition) is 2. The summed E-state index contributed by atoms with van der Waals surface area (Å²) in [5, 5.41) is 5.68. The molecule has 3 aromatic rings. The molecule has 1 fully saturated rings. The van der Waals surface area contributed by atoms with Gasteiger partial charge in [-0.15, -0.1) is 0 Å². The summed E-state index contributed by atoms with van der Waals surface area (Å²) in [6, 6.07) is 18.0. The van der Waals surface area contributed by atoms with Gasteiger partial charge in [-0.2, -0.15) is 13.2 Å². The van der Waals surface area contributed by atoms with Gasteiger partial charge >= 0.3 is 6.18 Å². The molecule has 0 unspecified atom stereocenters. The average molecular weight is 492 g/mol. The summed E-state index contributed by atoms with van der Waals surface area (Å²) in [6.07, 6.45) is -0.379. The van der Waals surface area contributed by atoms with E-state index in [9.17, 15) is 27.6 Å². The van der Waals surface area contributed by atoms with Gasteiger partial charge in [-0.1, -0.05) is 48.5 Å². The minimum atomic E-state index is -4.46. The van der Waals surface area contributed by atoms with Crippen LogP contribution in [0.15, 0.2) is 72.8 Å². The Morgan fingerprint density at radius 3 is 1.97 bits per heavy atom. The minimum absolute atomic E-state index is 0.0797. The second-order valence-corrected chi connectivity index (χ2v) is 8.54. The predicted molar refractivity (Wildman–Crippen MR) is 130 cm³/mol. The zero-order valence-electron chi connectivity index (χ0n) is 19.1. The van der Waals surface area contributed by atoms with Crippen LogP contribution in [0.5, 0.6) is 0 Å². The highest BCUT2D eigenvalue weighted by Gasteiger charge is 2.30. The van der Waals surface area contributed by atoms with Gasteiger partial charge in [0.2, 0.25) is 0 Å². The first-order valence-corrected chi connectivity index (χ1v) is 11.4. The second kappa shape index (κ2) is 10.6. The summed E-state index contributed by atoms with van der Waals surface area (Å²) in [6.45, 7) is 0.291. The van der Waals surface area contributed by atoms with Crippen LogP contribution in [0, 0.1) is 0 Å². The smallest absolute Gasteiger partial charge is 0.349 e. The zero-order chi connectivity index (χ0) is 25.7. The second-order valence-electron chi connectivity index (χ2n) is 8.54. The number of benzene rings is 3. The fraction of sp³-hybridized carbons (Fsp3) is 0.179. The Morgan fingerprint density at radius 2 is 1.42 bits per heavy atom. The zero-order valence-corrected chi connectivity index (χ0v) is 19.1. The Balaban J connectivity index is 1.49. The monoisotopic (exact) mass is 492 g/mol. The molecule has 1 aliphatic carbocycles. The molecular weight excluding hydrogens is 469 g/mol. The maximum atomic E-state index is 13.0. The van der Waals surface area contributed by atoms with Gasteiger partial charge in [0.05, 0.1) is 5.56 Å². The molecule has 4 rings (SSSR count). The lowest BCUT2D eigenvalue weighted by Crippen LogP contribution is -2.26. The third kappa shape index (κ3) is 6.47. The SMILES string of the molecule is O=Cc1ccc(CNC(=O)c2ccc(C=C(C(=O)NC3CC3)c3ccc(C(F)(F)F)cc3)cc2)cc1. The van der Waals surface area contributed by atoms with E-state index in [1.54, 1.807) is 54.6 Å². The van der Waals surface area contributed by atoms with Gasteiger partial charge in [0.25, 0.3) is 11.8 Å². The van der Waals surface area contributed by atoms with E-state index in [1.165, 1.54) is 12.1 Å². The number of alkyl halides is 3. The van der Waals surface area contributed by atoms with Crippen molar-refractivity contribution >= 4 is 29.7 Å². The summed E-state index contributed by atoms with van der Waals surface area (Å²) in [5.74, 6) is -0.654. The van der Waals surface area contributed by atoms with Crippen molar-refractivity contribution in [3.63, 3.8) is 0 Å². The number of rotatable bonds is 8. The lowest BCUT2D eigenvalue weighted by atomic mass is 9.99. The molecular formula is C28H23F3N2O3. The van der Waals surface area contributed by atoms with Crippen molar-refractivity contribution in [3.05, 3.63) is 106 Å². The summed E-state index contributed by atoms with van der Waals surface area (Å²) in [7, 11) is 0. The molecule has 184 valence electrons. The number of halogens is 3.